The van der Waals surface area contributed by atoms with Crippen LogP contribution in [0.25, 0.3) is 0 Å². The summed E-state index contributed by atoms with van der Waals surface area (Å²) in [5.74, 6) is 1.13. The van der Waals surface area contributed by atoms with Crippen LogP contribution in [0.1, 0.15) is 24.6 Å². The highest BCUT2D eigenvalue weighted by Crippen LogP contribution is 2.30. The number of nitrogens with one attached hydrogen (secondary N) is 1. The molecular weight excluding hydrogens is 376 g/mol. The second kappa shape index (κ2) is 7.69. The van der Waals surface area contributed by atoms with E-state index in [1.54, 1.807) is 30.7 Å². The standard InChI is InChI=1S/C19H21N6O2S/c1-24-14-21-23-19(24)15-7-9-25(10-8-15)28(26,27)18-11-17(12-20-13-18)22-16-5-3-2-4-6-16/h2-3,5-6,11-15,22H,7-10H2,1H3. The molecule has 1 aliphatic heterocycles. The van der Waals surface area contributed by atoms with Gasteiger partial charge >= 0.3 is 0 Å². The summed E-state index contributed by atoms with van der Waals surface area (Å²) in [4.78, 5) is 4.30. The van der Waals surface area contributed by atoms with Crippen LogP contribution in [0.15, 0.2) is 53.9 Å². The van der Waals surface area contributed by atoms with E-state index in [1.165, 1.54) is 10.5 Å². The van der Waals surface area contributed by atoms with Gasteiger partial charge in [0, 0.05) is 37.9 Å². The molecule has 0 bridgehead atoms. The summed E-state index contributed by atoms with van der Waals surface area (Å²) in [5, 5.41) is 11.2. The van der Waals surface area contributed by atoms with E-state index >= 15 is 0 Å². The van der Waals surface area contributed by atoms with E-state index in [1.807, 2.05) is 23.7 Å². The summed E-state index contributed by atoms with van der Waals surface area (Å²) in [7, 11) is -1.69. The van der Waals surface area contributed by atoms with Crippen molar-refractivity contribution in [2.75, 3.05) is 18.4 Å². The van der Waals surface area contributed by atoms with Gasteiger partial charge in [-0.1, -0.05) is 12.1 Å². The van der Waals surface area contributed by atoms with Crippen molar-refractivity contribution in [3.8, 4) is 0 Å². The molecule has 0 saturated carbocycles. The Balaban J connectivity index is 1.48. The summed E-state index contributed by atoms with van der Waals surface area (Å²) in [6.07, 6.45) is 6.11. The monoisotopic (exact) mass is 397 g/mol. The van der Waals surface area contributed by atoms with Gasteiger partial charge in [0.2, 0.25) is 10.0 Å². The highest BCUT2D eigenvalue weighted by molar-refractivity contribution is 7.89. The molecule has 0 aliphatic carbocycles. The molecule has 1 saturated heterocycles. The molecule has 1 radical (unpaired) electrons. The molecule has 4 rings (SSSR count). The lowest BCUT2D eigenvalue weighted by atomic mass is 9.97. The Hall–Kier alpha value is -2.78. The number of nitrogens with zero attached hydrogens (tertiary/aromatic N) is 5. The van der Waals surface area contributed by atoms with Crippen molar-refractivity contribution in [1.29, 1.82) is 0 Å². The Labute approximate surface area is 164 Å². The Morgan fingerprint density at radius 2 is 2.04 bits per heavy atom. The average molecular weight is 397 g/mol. The van der Waals surface area contributed by atoms with E-state index in [-0.39, 0.29) is 10.8 Å². The number of aromatic nitrogens is 4. The first-order valence-electron chi connectivity index (χ1n) is 9.06. The number of anilines is 2. The van der Waals surface area contributed by atoms with Crippen LogP contribution in [0.2, 0.25) is 0 Å². The quantitative estimate of drug-likeness (QED) is 0.710. The number of hydrogen-bond donors (Lipinski definition) is 1. The Bertz CT molecular complexity index is 1040. The molecule has 9 heteroatoms. The zero-order chi connectivity index (χ0) is 19.6. The van der Waals surface area contributed by atoms with Gasteiger partial charge < -0.3 is 9.88 Å². The lowest BCUT2D eigenvalue weighted by Crippen LogP contribution is -2.38. The van der Waals surface area contributed by atoms with E-state index in [0.29, 0.717) is 18.8 Å². The molecule has 0 amide bonds. The molecule has 28 heavy (non-hydrogen) atoms. The van der Waals surface area contributed by atoms with Crippen molar-refractivity contribution in [3.63, 3.8) is 0 Å². The third-order valence-corrected chi connectivity index (χ3v) is 6.78. The molecule has 3 aromatic rings. The molecule has 2 aromatic heterocycles. The maximum atomic E-state index is 13.1. The number of piperidine rings is 1. The zero-order valence-electron chi connectivity index (χ0n) is 15.5. The van der Waals surface area contributed by atoms with Crippen LogP contribution in [0, 0.1) is 6.07 Å². The van der Waals surface area contributed by atoms with Gasteiger partial charge in [-0.25, -0.2) is 8.42 Å². The van der Waals surface area contributed by atoms with Gasteiger partial charge in [0.1, 0.15) is 17.0 Å². The Morgan fingerprint density at radius 1 is 1.21 bits per heavy atom. The molecule has 0 atom stereocenters. The summed E-state index contributed by atoms with van der Waals surface area (Å²) in [6.45, 7) is 0.899. The largest absolute Gasteiger partial charge is 0.354 e. The van der Waals surface area contributed by atoms with Gasteiger partial charge in [-0.05, 0) is 37.1 Å². The average Bonchev–Trinajstić information content (AvgIpc) is 3.15. The maximum Gasteiger partial charge on any atom is 0.244 e. The number of rotatable bonds is 5. The van der Waals surface area contributed by atoms with E-state index in [2.05, 4.69) is 26.6 Å². The van der Waals surface area contributed by atoms with Crippen LogP contribution < -0.4 is 5.32 Å². The first-order chi connectivity index (χ1) is 13.5. The first kappa shape index (κ1) is 18.6. The molecular formula is C19H21N6O2S. The van der Waals surface area contributed by atoms with Crippen molar-refractivity contribution in [3.05, 3.63) is 60.9 Å². The predicted molar refractivity (Wildman–Crippen MR) is 105 cm³/mol. The molecule has 3 heterocycles. The van der Waals surface area contributed by atoms with Crippen LogP contribution in [0.4, 0.5) is 11.4 Å². The smallest absolute Gasteiger partial charge is 0.244 e. The van der Waals surface area contributed by atoms with E-state index < -0.39 is 10.0 Å². The van der Waals surface area contributed by atoms with Gasteiger partial charge in [-0.3, -0.25) is 4.98 Å². The fourth-order valence-electron chi connectivity index (χ4n) is 3.43. The normalized spacial score (nSPS) is 16.2. The van der Waals surface area contributed by atoms with Gasteiger partial charge in [0.05, 0.1) is 11.9 Å². The van der Waals surface area contributed by atoms with E-state index in [0.717, 1.165) is 24.4 Å². The molecule has 145 valence electrons. The van der Waals surface area contributed by atoms with Gasteiger partial charge in [-0.2, -0.15) is 4.31 Å². The number of sulfonamides is 1. The topological polar surface area (TPSA) is 93.0 Å². The minimum atomic E-state index is -3.60. The van der Waals surface area contributed by atoms with Crippen LogP contribution >= 0.6 is 0 Å². The summed E-state index contributed by atoms with van der Waals surface area (Å²) >= 11 is 0. The number of pyridine rings is 1. The number of aryl methyl sites for hydroxylation is 1. The minimum Gasteiger partial charge on any atom is -0.354 e. The van der Waals surface area contributed by atoms with E-state index in [9.17, 15) is 8.42 Å². The zero-order valence-corrected chi connectivity index (χ0v) is 16.3. The number of hydrogen-bond acceptors (Lipinski definition) is 6. The fraction of sp³-hybridized carbons (Fsp3) is 0.316. The van der Waals surface area contributed by atoms with Crippen LogP contribution in [-0.4, -0.2) is 45.6 Å². The van der Waals surface area contributed by atoms with Crippen molar-refractivity contribution < 1.29 is 8.42 Å². The van der Waals surface area contributed by atoms with E-state index in [4.69, 9.17) is 0 Å². The third kappa shape index (κ3) is 3.76. The predicted octanol–water partition coefficient (Wildman–Crippen LogP) is 2.32. The molecule has 0 spiro atoms. The minimum absolute atomic E-state index is 0.189. The SMILES string of the molecule is Cn1cnnc1C1CCN(S(=O)(=O)c2cncc(Nc3c[c]ccc3)c2)CC1. The van der Waals surface area contributed by atoms with Crippen LogP contribution in [0.3, 0.4) is 0 Å². The number of benzene rings is 1. The highest BCUT2D eigenvalue weighted by atomic mass is 32.2. The van der Waals surface area contributed by atoms with Gasteiger partial charge in [0.15, 0.2) is 0 Å². The molecule has 1 fully saturated rings. The van der Waals surface area contributed by atoms with Crippen molar-refractivity contribution >= 4 is 21.4 Å². The summed E-state index contributed by atoms with van der Waals surface area (Å²) in [5.41, 5.74) is 1.44. The van der Waals surface area contributed by atoms with Crippen LogP contribution in [-0.2, 0) is 17.1 Å². The second-order valence-corrected chi connectivity index (χ2v) is 8.74. The molecule has 1 aromatic carbocycles. The summed E-state index contributed by atoms with van der Waals surface area (Å²) in [6, 6.07) is 11.9. The Morgan fingerprint density at radius 3 is 2.71 bits per heavy atom. The maximum absolute atomic E-state index is 13.1. The second-order valence-electron chi connectivity index (χ2n) is 6.80. The van der Waals surface area contributed by atoms with Crippen molar-refractivity contribution in [1.82, 2.24) is 24.1 Å². The Kier molecular flexibility index (Phi) is 5.10. The third-order valence-electron chi connectivity index (χ3n) is 4.91. The summed E-state index contributed by atoms with van der Waals surface area (Å²) < 4.78 is 29.6. The van der Waals surface area contributed by atoms with Gasteiger partial charge in [0.25, 0.3) is 0 Å². The highest BCUT2D eigenvalue weighted by Gasteiger charge is 2.31. The lowest BCUT2D eigenvalue weighted by molar-refractivity contribution is 0.310. The molecule has 1 N–H and O–H groups in total. The molecule has 0 unspecified atom stereocenters. The van der Waals surface area contributed by atoms with Crippen molar-refractivity contribution in [2.45, 2.75) is 23.7 Å². The molecule has 1 aliphatic rings. The van der Waals surface area contributed by atoms with Crippen LogP contribution in [0.5, 0.6) is 0 Å². The molecule has 8 nitrogen and oxygen atoms in total. The van der Waals surface area contributed by atoms with Gasteiger partial charge in [-0.15, -0.1) is 10.2 Å². The first-order valence-corrected chi connectivity index (χ1v) is 10.5. The van der Waals surface area contributed by atoms with Crippen molar-refractivity contribution in [2.24, 2.45) is 7.05 Å². The fourth-order valence-corrected chi connectivity index (χ4v) is 4.89. The lowest BCUT2D eigenvalue weighted by Gasteiger charge is -2.30.